The minimum Gasteiger partial charge on any atom is -0.414 e. The van der Waals surface area contributed by atoms with Crippen molar-refractivity contribution in [2.75, 3.05) is 11.9 Å². The SMILES string of the molecule is CC(C)[Si]1(C(C)C)OC[C@H]2O[C@@H](n3ccc(NC(=O)c4ccccc4)nc3=O)[C@@](C)(O)C2O[Si](C(C)C)(C(C)C)O1. The Hall–Kier alpha value is -2.20. The average Bonchev–Trinajstić information content (AvgIpc) is 3.12. The highest BCUT2D eigenvalue weighted by Gasteiger charge is 2.64. The molecular weight excluding hydrogens is 559 g/mol. The van der Waals surface area contributed by atoms with Gasteiger partial charge in [0.15, 0.2) is 6.23 Å². The van der Waals surface area contributed by atoms with Crippen LogP contribution in [0.1, 0.15) is 78.9 Å². The maximum Gasteiger partial charge on any atom is 0.351 e. The Bertz CT molecular complexity index is 1270. The van der Waals surface area contributed by atoms with E-state index in [-0.39, 0.29) is 40.5 Å². The molecule has 1 unspecified atom stereocenters. The molecule has 0 radical (unpaired) electrons. The summed E-state index contributed by atoms with van der Waals surface area (Å²) in [6.07, 6.45) is -1.03. The normalized spacial score (nSPS) is 27.6. The average molecular weight is 604 g/mol. The number of hydrogen-bond acceptors (Lipinski definition) is 8. The molecule has 2 fully saturated rings. The summed E-state index contributed by atoms with van der Waals surface area (Å²) in [4.78, 5) is 29.9. The standard InChI is InChI=1S/C29H45N3O7Si2/c1-18(2)40(19(3)4)36-17-23-25(38-41(39-40,20(5)6)21(7)8)29(9,35)27(37-23)32-16-15-24(31-28(32)34)30-26(33)22-13-11-10-12-14-22/h10-16,18-21,23,25,27,35H,17H2,1-9H3,(H,30,31,33,34)/t23-,25?,27-,29+/m1/s1. The van der Waals surface area contributed by atoms with Gasteiger partial charge in [0.05, 0.1) is 6.61 Å². The molecule has 4 atom stereocenters. The summed E-state index contributed by atoms with van der Waals surface area (Å²) < 4.78 is 28.6. The number of hydrogen-bond donors (Lipinski definition) is 2. The molecule has 2 N–H and O–H groups in total. The van der Waals surface area contributed by atoms with E-state index in [0.717, 1.165) is 0 Å². The van der Waals surface area contributed by atoms with E-state index in [0.29, 0.717) is 5.56 Å². The molecule has 2 aliphatic heterocycles. The van der Waals surface area contributed by atoms with Crippen LogP contribution in [0.5, 0.6) is 0 Å². The molecule has 1 aromatic heterocycles. The maximum absolute atomic E-state index is 13.2. The Kier molecular flexibility index (Phi) is 9.15. The summed E-state index contributed by atoms with van der Waals surface area (Å²) in [7, 11) is -5.81. The van der Waals surface area contributed by atoms with Gasteiger partial charge in [-0.1, -0.05) is 73.6 Å². The first kappa shape index (κ1) is 31.7. The number of amides is 1. The molecule has 2 aromatic rings. The molecule has 2 aliphatic rings. The Morgan fingerprint density at radius 2 is 1.59 bits per heavy atom. The Morgan fingerprint density at radius 1 is 1.00 bits per heavy atom. The van der Waals surface area contributed by atoms with E-state index in [4.69, 9.17) is 17.7 Å². The molecule has 226 valence electrons. The van der Waals surface area contributed by atoms with Gasteiger partial charge in [-0.05, 0) is 47.3 Å². The molecular formula is C29H45N3O7Si2. The van der Waals surface area contributed by atoms with Crippen LogP contribution in [0.25, 0.3) is 0 Å². The minimum atomic E-state index is -3.01. The third kappa shape index (κ3) is 5.75. The highest BCUT2D eigenvalue weighted by atomic mass is 28.5. The fourth-order valence-electron chi connectivity index (χ4n) is 6.12. The third-order valence-corrected chi connectivity index (χ3v) is 18.6. The van der Waals surface area contributed by atoms with Gasteiger partial charge in [0.2, 0.25) is 0 Å². The lowest BCUT2D eigenvalue weighted by Gasteiger charge is -2.52. The van der Waals surface area contributed by atoms with Crippen molar-refractivity contribution >= 4 is 28.8 Å². The Balaban J connectivity index is 1.69. The van der Waals surface area contributed by atoms with Crippen molar-refractivity contribution in [1.82, 2.24) is 9.55 Å². The van der Waals surface area contributed by atoms with Gasteiger partial charge in [0.25, 0.3) is 5.91 Å². The topological polar surface area (TPSA) is 121 Å². The zero-order chi connectivity index (χ0) is 30.3. The van der Waals surface area contributed by atoms with Crippen LogP contribution in [0.3, 0.4) is 0 Å². The molecule has 0 bridgehead atoms. The summed E-state index contributed by atoms with van der Waals surface area (Å²) in [6.45, 7) is 18.8. The number of nitrogens with one attached hydrogen (secondary N) is 1. The summed E-state index contributed by atoms with van der Waals surface area (Å²) in [5.74, 6) is -0.275. The second-order valence-corrected chi connectivity index (χ2v) is 21.4. The van der Waals surface area contributed by atoms with Crippen molar-refractivity contribution in [2.24, 2.45) is 0 Å². The third-order valence-electron chi connectivity index (χ3n) is 8.40. The second-order valence-electron chi connectivity index (χ2n) is 12.6. The fourth-order valence-corrected chi connectivity index (χ4v) is 17.4. The number of ether oxygens (including phenoxy) is 1. The largest absolute Gasteiger partial charge is 0.414 e. The van der Waals surface area contributed by atoms with E-state index in [1.165, 1.54) is 16.8 Å². The lowest BCUT2D eigenvalue weighted by molar-refractivity contribution is -0.0973. The van der Waals surface area contributed by atoms with Gasteiger partial charge in [-0.15, -0.1) is 0 Å². The zero-order valence-corrected chi connectivity index (χ0v) is 27.6. The summed E-state index contributed by atoms with van der Waals surface area (Å²) in [5.41, 5.74) is -1.36. The van der Waals surface area contributed by atoms with E-state index >= 15 is 0 Å². The van der Waals surface area contributed by atoms with Crippen LogP contribution in [-0.4, -0.2) is 62.1 Å². The number of carbonyl (C=O) groups excluding carboxylic acids is 1. The highest BCUT2D eigenvalue weighted by molar-refractivity contribution is 6.84. The van der Waals surface area contributed by atoms with E-state index in [9.17, 15) is 14.7 Å². The lowest BCUT2D eigenvalue weighted by atomic mass is 9.96. The first-order valence-corrected chi connectivity index (χ1v) is 18.4. The number of nitrogens with zero attached hydrogens (tertiary/aromatic N) is 2. The first-order chi connectivity index (χ1) is 19.2. The molecule has 0 spiro atoms. The number of benzene rings is 1. The predicted molar refractivity (Wildman–Crippen MR) is 161 cm³/mol. The maximum atomic E-state index is 13.2. The molecule has 41 heavy (non-hydrogen) atoms. The number of fused-ring (bicyclic) bond motifs is 1. The molecule has 10 nitrogen and oxygen atoms in total. The molecule has 12 heteroatoms. The number of rotatable bonds is 7. The lowest BCUT2D eigenvalue weighted by Crippen LogP contribution is -2.67. The summed E-state index contributed by atoms with van der Waals surface area (Å²) in [5, 5.41) is 14.6. The fraction of sp³-hybridized carbons (Fsp3) is 0.621. The molecule has 0 aliphatic carbocycles. The Labute approximate surface area is 244 Å². The summed E-state index contributed by atoms with van der Waals surface area (Å²) >= 11 is 0. The molecule has 0 saturated carbocycles. The monoisotopic (exact) mass is 603 g/mol. The van der Waals surface area contributed by atoms with Gasteiger partial charge in [-0.3, -0.25) is 9.36 Å². The molecule has 2 saturated heterocycles. The first-order valence-electron chi connectivity index (χ1n) is 14.5. The van der Waals surface area contributed by atoms with Crippen molar-refractivity contribution in [2.45, 2.75) is 109 Å². The number of carbonyl (C=O) groups is 1. The van der Waals surface area contributed by atoms with Gasteiger partial charge >= 0.3 is 22.8 Å². The highest BCUT2D eigenvalue weighted by Crippen LogP contribution is 2.50. The number of aromatic nitrogens is 2. The molecule has 1 amide bonds. The van der Waals surface area contributed by atoms with Gasteiger partial charge in [-0.2, -0.15) is 4.98 Å². The zero-order valence-electron chi connectivity index (χ0n) is 25.6. The van der Waals surface area contributed by atoms with Crippen molar-refractivity contribution in [3.8, 4) is 0 Å². The van der Waals surface area contributed by atoms with Gasteiger partial charge < -0.3 is 28.1 Å². The van der Waals surface area contributed by atoms with E-state index in [2.05, 4.69) is 65.7 Å². The van der Waals surface area contributed by atoms with Crippen LogP contribution in [0.15, 0.2) is 47.4 Å². The van der Waals surface area contributed by atoms with E-state index < -0.39 is 46.8 Å². The van der Waals surface area contributed by atoms with Crippen molar-refractivity contribution in [3.05, 3.63) is 58.6 Å². The van der Waals surface area contributed by atoms with E-state index in [1.54, 1.807) is 31.2 Å². The van der Waals surface area contributed by atoms with Crippen LogP contribution in [-0.2, 0) is 17.7 Å². The molecule has 1 aromatic carbocycles. The van der Waals surface area contributed by atoms with Crippen LogP contribution < -0.4 is 11.0 Å². The predicted octanol–water partition coefficient (Wildman–Crippen LogP) is 5.10. The number of anilines is 1. The van der Waals surface area contributed by atoms with Crippen molar-refractivity contribution in [3.63, 3.8) is 0 Å². The van der Waals surface area contributed by atoms with Crippen molar-refractivity contribution in [1.29, 1.82) is 0 Å². The second kappa shape index (κ2) is 11.8. The molecule has 3 heterocycles. The Morgan fingerprint density at radius 3 is 2.12 bits per heavy atom. The van der Waals surface area contributed by atoms with Crippen LogP contribution in [0.4, 0.5) is 5.82 Å². The van der Waals surface area contributed by atoms with Crippen molar-refractivity contribution < 1.29 is 27.6 Å². The smallest absolute Gasteiger partial charge is 0.351 e. The van der Waals surface area contributed by atoms with Crippen LogP contribution in [0.2, 0.25) is 22.2 Å². The minimum absolute atomic E-state index is 0.0703. The number of aliphatic hydroxyl groups is 1. The summed E-state index contributed by atoms with van der Waals surface area (Å²) in [6, 6.07) is 10.2. The van der Waals surface area contributed by atoms with Crippen LogP contribution >= 0.6 is 0 Å². The van der Waals surface area contributed by atoms with Gasteiger partial charge in [0, 0.05) is 11.8 Å². The van der Waals surface area contributed by atoms with E-state index in [1.807, 2.05) is 6.07 Å². The molecule has 4 rings (SSSR count). The van der Waals surface area contributed by atoms with Gasteiger partial charge in [-0.25, -0.2) is 4.79 Å². The van der Waals surface area contributed by atoms with Gasteiger partial charge in [0.1, 0.15) is 23.6 Å². The quantitative estimate of drug-likeness (QED) is 0.420. The van der Waals surface area contributed by atoms with Crippen LogP contribution in [0, 0.1) is 0 Å².